The Hall–Kier alpha value is -1.94. The summed E-state index contributed by atoms with van der Waals surface area (Å²) in [5.41, 5.74) is 1.98. The summed E-state index contributed by atoms with van der Waals surface area (Å²) < 4.78 is 0. The topological polar surface area (TPSA) is 66.0 Å². The Kier molecular flexibility index (Phi) is 1.55. The summed E-state index contributed by atoms with van der Waals surface area (Å²) in [5.74, 6) is -0.132. The number of rotatable bonds is 0. The molecule has 0 spiro atoms. The smallest absolute Gasteiger partial charge is 0.213 e. The van der Waals surface area contributed by atoms with Gasteiger partial charge < -0.3 is 10.1 Å². The fraction of sp³-hybridized carbons (Fsp3) is 0.0909. The largest absolute Gasteiger partial charge is 0.382 e. The Balaban J connectivity index is 2.31. The van der Waals surface area contributed by atoms with E-state index in [9.17, 15) is 9.90 Å². The van der Waals surface area contributed by atoms with Gasteiger partial charge in [0, 0.05) is 5.56 Å². The minimum Gasteiger partial charge on any atom is -0.382 e. The molecule has 0 radical (unpaired) electrons. The Labute approximate surface area is 85.6 Å². The van der Waals surface area contributed by atoms with Crippen molar-refractivity contribution >= 4 is 5.78 Å². The van der Waals surface area contributed by atoms with Gasteiger partial charge in [-0.05, 0) is 5.56 Å². The quantitative estimate of drug-likeness (QED) is 0.667. The van der Waals surface area contributed by atoms with E-state index in [1.54, 1.807) is 24.3 Å². The number of carbonyl (C=O) groups is 1. The van der Waals surface area contributed by atoms with E-state index in [4.69, 9.17) is 0 Å². The molecule has 0 bridgehead atoms. The van der Waals surface area contributed by atoms with Crippen LogP contribution >= 0.6 is 0 Å². The molecular formula is C11H8N2O2. The van der Waals surface area contributed by atoms with E-state index in [0.717, 1.165) is 0 Å². The molecule has 15 heavy (non-hydrogen) atoms. The molecule has 0 saturated heterocycles. The molecule has 2 N–H and O–H groups in total. The second-order valence-electron chi connectivity index (χ2n) is 3.48. The van der Waals surface area contributed by atoms with Crippen LogP contribution in [0.4, 0.5) is 0 Å². The van der Waals surface area contributed by atoms with Crippen LogP contribution in [0.3, 0.4) is 0 Å². The van der Waals surface area contributed by atoms with Gasteiger partial charge in [0.25, 0.3) is 0 Å². The third-order valence-electron chi connectivity index (χ3n) is 2.66. The second-order valence-corrected chi connectivity index (χ2v) is 3.48. The van der Waals surface area contributed by atoms with Gasteiger partial charge in [-0.25, -0.2) is 4.98 Å². The van der Waals surface area contributed by atoms with Crippen molar-refractivity contribution in [3.8, 4) is 0 Å². The van der Waals surface area contributed by atoms with Gasteiger partial charge in [0.05, 0.1) is 12.0 Å². The van der Waals surface area contributed by atoms with Gasteiger partial charge >= 0.3 is 0 Å². The van der Waals surface area contributed by atoms with Crippen molar-refractivity contribution in [3.05, 3.63) is 53.1 Å². The summed E-state index contributed by atoms with van der Waals surface area (Å²) in [5, 5.41) is 10.00. The number of ketones is 1. The molecule has 0 saturated carbocycles. The number of hydrogen-bond donors (Lipinski definition) is 2. The average Bonchev–Trinajstić information content (AvgIpc) is 2.75. The number of H-pyrrole nitrogens is 1. The first-order valence-corrected chi connectivity index (χ1v) is 4.64. The lowest BCUT2D eigenvalue weighted by Crippen LogP contribution is -2.19. The lowest BCUT2D eigenvalue weighted by atomic mass is 9.89. The van der Waals surface area contributed by atoms with Crippen LogP contribution in [0.5, 0.6) is 0 Å². The molecule has 3 rings (SSSR count). The molecule has 0 aliphatic heterocycles. The first-order chi connectivity index (χ1) is 7.29. The van der Waals surface area contributed by atoms with Crippen LogP contribution in [-0.2, 0) is 0 Å². The first-order valence-electron chi connectivity index (χ1n) is 4.64. The van der Waals surface area contributed by atoms with Gasteiger partial charge in [0.2, 0.25) is 5.78 Å². The summed E-state index contributed by atoms with van der Waals surface area (Å²) in [4.78, 5) is 18.6. The van der Waals surface area contributed by atoms with Gasteiger partial charge in [0.1, 0.15) is 11.8 Å². The molecule has 1 unspecified atom stereocenters. The average molecular weight is 200 g/mol. The molecular weight excluding hydrogens is 192 g/mol. The van der Waals surface area contributed by atoms with E-state index >= 15 is 0 Å². The predicted octanol–water partition coefficient (Wildman–Crippen LogP) is 1.04. The number of hydrogen-bond acceptors (Lipinski definition) is 3. The van der Waals surface area contributed by atoms with Crippen LogP contribution in [0.1, 0.15) is 33.4 Å². The van der Waals surface area contributed by atoms with Crippen molar-refractivity contribution < 1.29 is 9.90 Å². The second kappa shape index (κ2) is 2.77. The van der Waals surface area contributed by atoms with E-state index in [0.29, 0.717) is 22.5 Å². The minimum atomic E-state index is -0.781. The van der Waals surface area contributed by atoms with Crippen molar-refractivity contribution in [1.82, 2.24) is 9.97 Å². The number of nitrogens with zero attached hydrogens (tertiary/aromatic N) is 1. The number of aliphatic hydroxyl groups excluding tert-OH is 1. The molecule has 0 fully saturated rings. The Morgan fingerprint density at radius 1 is 1.33 bits per heavy atom. The highest BCUT2D eigenvalue weighted by Crippen LogP contribution is 2.32. The zero-order valence-electron chi connectivity index (χ0n) is 7.77. The minimum absolute atomic E-state index is 0.132. The number of nitrogens with one attached hydrogen (secondary N) is 1. The maximum atomic E-state index is 11.9. The molecule has 1 aliphatic rings. The van der Waals surface area contributed by atoms with E-state index in [2.05, 4.69) is 9.97 Å². The van der Waals surface area contributed by atoms with E-state index in [1.165, 1.54) is 6.33 Å². The Morgan fingerprint density at radius 2 is 2.13 bits per heavy atom. The zero-order chi connectivity index (χ0) is 10.4. The molecule has 1 aromatic carbocycles. The maximum absolute atomic E-state index is 11.9. The fourth-order valence-corrected chi connectivity index (χ4v) is 1.92. The molecule has 1 atom stereocenters. The third-order valence-corrected chi connectivity index (χ3v) is 2.66. The van der Waals surface area contributed by atoms with Crippen LogP contribution in [0.25, 0.3) is 0 Å². The SMILES string of the molecule is O=C1c2ccccc2C(O)c2[nH]cnc21. The summed E-state index contributed by atoms with van der Waals surface area (Å²) in [6.45, 7) is 0. The molecule has 4 heteroatoms. The molecule has 1 heterocycles. The van der Waals surface area contributed by atoms with Crippen molar-refractivity contribution in [3.63, 3.8) is 0 Å². The normalized spacial score (nSPS) is 18.5. The van der Waals surface area contributed by atoms with Crippen LogP contribution in [-0.4, -0.2) is 20.9 Å². The van der Waals surface area contributed by atoms with Crippen molar-refractivity contribution in [2.75, 3.05) is 0 Å². The van der Waals surface area contributed by atoms with Crippen LogP contribution in [0, 0.1) is 0 Å². The standard InChI is InChI=1S/C11H8N2O2/c14-10-6-3-1-2-4-7(6)11(15)9-8(10)12-5-13-9/h1-5,10,14H,(H,12,13). The molecule has 2 aromatic rings. The number of benzene rings is 1. The highest BCUT2D eigenvalue weighted by Gasteiger charge is 2.31. The van der Waals surface area contributed by atoms with Crippen LogP contribution in [0.2, 0.25) is 0 Å². The van der Waals surface area contributed by atoms with E-state index in [-0.39, 0.29) is 5.78 Å². The lowest BCUT2D eigenvalue weighted by Gasteiger charge is -2.19. The van der Waals surface area contributed by atoms with Gasteiger partial charge in [0.15, 0.2) is 0 Å². The Bertz CT molecular complexity index is 545. The van der Waals surface area contributed by atoms with Crippen molar-refractivity contribution in [1.29, 1.82) is 0 Å². The van der Waals surface area contributed by atoms with E-state index < -0.39 is 6.10 Å². The maximum Gasteiger partial charge on any atom is 0.213 e. The number of aliphatic hydroxyl groups is 1. The number of aromatic nitrogens is 2. The Morgan fingerprint density at radius 3 is 3.00 bits per heavy atom. The highest BCUT2D eigenvalue weighted by molar-refractivity contribution is 6.11. The molecule has 1 aliphatic carbocycles. The summed E-state index contributed by atoms with van der Waals surface area (Å²) in [6, 6.07) is 7.04. The number of imidazole rings is 1. The van der Waals surface area contributed by atoms with Gasteiger partial charge in [-0.1, -0.05) is 24.3 Å². The fourth-order valence-electron chi connectivity index (χ4n) is 1.92. The monoisotopic (exact) mass is 200 g/mol. The summed E-state index contributed by atoms with van der Waals surface area (Å²) in [7, 11) is 0. The van der Waals surface area contributed by atoms with Gasteiger partial charge in [-0.2, -0.15) is 0 Å². The third kappa shape index (κ3) is 0.993. The molecule has 4 nitrogen and oxygen atoms in total. The highest BCUT2D eigenvalue weighted by atomic mass is 16.3. The predicted molar refractivity (Wildman–Crippen MR) is 52.5 cm³/mol. The van der Waals surface area contributed by atoms with Crippen molar-refractivity contribution in [2.24, 2.45) is 0 Å². The lowest BCUT2D eigenvalue weighted by molar-refractivity contribution is 0.101. The number of aromatic amines is 1. The molecule has 74 valence electrons. The molecule has 1 aromatic heterocycles. The van der Waals surface area contributed by atoms with E-state index in [1.807, 2.05) is 0 Å². The first kappa shape index (κ1) is 8.38. The van der Waals surface area contributed by atoms with Gasteiger partial charge in [-0.15, -0.1) is 0 Å². The summed E-state index contributed by atoms with van der Waals surface area (Å²) >= 11 is 0. The van der Waals surface area contributed by atoms with Crippen LogP contribution < -0.4 is 0 Å². The zero-order valence-corrected chi connectivity index (χ0v) is 7.77. The van der Waals surface area contributed by atoms with Crippen LogP contribution in [0.15, 0.2) is 30.6 Å². The number of fused-ring (bicyclic) bond motifs is 2. The number of carbonyl (C=O) groups excluding carboxylic acids is 1. The van der Waals surface area contributed by atoms with Gasteiger partial charge in [-0.3, -0.25) is 4.79 Å². The summed E-state index contributed by atoms with van der Waals surface area (Å²) in [6.07, 6.45) is 0.647. The van der Waals surface area contributed by atoms with Crippen molar-refractivity contribution in [2.45, 2.75) is 6.10 Å². The molecule has 0 amide bonds.